The standard InChI is InChI=1S/C17H14ClNO6S2/c18-12-3-1-11(2-4-12)17(20)25-7-8-26-15-10-27(23,24)16-9-13(19(21)22)5-6-14(15)16/h1-6,9,15H,7-8,10H2. The molecule has 0 aromatic heterocycles. The third kappa shape index (κ3) is 4.42. The van der Waals surface area contributed by atoms with E-state index in [-0.39, 0.29) is 28.2 Å². The molecule has 1 heterocycles. The molecule has 0 saturated heterocycles. The summed E-state index contributed by atoms with van der Waals surface area (Å²) in [5.74, 6) is -0.211. The van der Waals surface area contributed by atoms with Gasteiger partial charge in [-0.3, -0.25) is 10.1 Å². The van der Waals surface area contributed by atoms with E-state index in [0.29, 0.717) is 21.9 Å². The Balaban J connectivity index is 1.59. The number of benzene rings is 2. The van der Waals surface area contributed by atoms with Gasteiger partial charge in [-0.15, -0.1) is 11.8 Å². The smallest absolute Gasteiger partial charge is 0.338 e. The maximum absolute atomic E-state index is 12.3. The Morgan fingerprint density at radius 2 is 1.96 bits per heavy atom. The minimum absolute atomic E-state index is 0.00681. The van der Waals surface area contributed by atoms with Gasteiger partial charge in [-0.1, -0.05) is 11.6 Å². The number of non-ortho nitro benzene ring substituents is 1. The van der Waals surface area contributed by atoms with Crippen LogP contribution in [0.15, 0.2) is 47.4 Å². The number of fused-ring (bicyclic) bond motifs is 1. The first kappa shape index (κ1) is 19.7. The van der Waals surface area contributed by atoms with E-state index in [2.05, 4.69) is 0 Å². The minimum Gasteiger partial charge on any atom is -0.461 e. The Bertz CT molecular complexity index is 991. The Morgan fingerprint density at radius 1 is 1.26 bits per heavy atom. The number of carbonyl (C=O) groups excluding carboxylic acids is 1. The molecule has 1 unspecified atom stereocenters. The lowest BCUT2D eigenvalue weighted by Gasteiger charge is -2.10. The molecule has 0 fully saturated rings. The molecule has 7 nitrogen and oxygen atoms in total. The molecular weight excluding hydrogens is 414 g/mol. The maximum Gasteiger partial charge on any atom is 0.338 e. The van der Waals surface area contributed by atoms with E-state index in [9.17, 15) is 23.3 Å². The van der Waals surface area contributed by atoms with Crippen molar-refractivity contribution in [3.05, 3.63) is 68.7 Å². The Kier molecular flexibility index (Phi) is 5.73. The van der Waals surface area contributed by atoms with Crippen molar-refractivity contribution in [2.75, 3.05) is 18.1 Å². The number of thioether (sulfide) groups is 1. The highest BCUT2D eigenvalue weighted by Crippen LogP contribution is 2.43. The first-order chi connectivity index (χ1) is 12.8. The maximum atomic E-state index is 12.3. The number of nitro benzene ring substituents is 1. The summed E-state index contributed by atoms with van der Waals surface area (Å²) < 4.78 is 29.7. The van der Waals surface area contributed by atoms with Gasteiger partial charge in [0.05, 0.1) is 21.1 Å². The van der Waals surface area contributed by atoms with Crippen LogP contribution < -0.4 is 0 Å². The van der Waals surface area contributed by atoms with E-state index < -0.39 is 20.7 Å². The molecule has 1 atom stereocenters. The lowest BCUT2D eigenvalue weighted by Crippen LogP contribution is -2.09. The number of halogens is 1. The summed E-state index contributed by atoms with van der Waals surface area (Å²) in [6.45, 7) is 0.116. The monoisotopic (exact) mass is 427 g/mol. The van der Waals surface area contributed by atoms with E-state index in [1.165, 1.54) is 23.9 Å². The van der Waals surface area contributed by atoms with Gasteiger partial charge in [0.15, 0.2) is 9.84 Å². The van der Waals surface area contributed by atoms with Crippen LogP contribution in [-0.2, 0) is 14.6 Å². The van der Waals surface area contributed by atoms with Crippen molar-refractivity contribution in [3.8, 4) is 0 Å². The van der Waals surface area contributed by atoms with Gasteiger partial charge in [-0.25, -0.2) is 13.2 Å². The Hall–Kier alpha value is -2.10. The molecule has 0 spiro atoms. The topological polar surface area (TPSA) is 104 Å². The molecule has 27 heavy (non-hydrogen) atoms. The molecule has 2 aromatic carbocycles. The van der Waals surface area contributed by atoms with Gasteiger partial charge in [-0.2, -0.15) is 0 Å². The number of hydrogen-bond donors (Lipinski definition) is 0. The summed E-state index contributed by atoms with van der Waals surface area (Å²) >= 11 is 7.10. The largest absolute Gasteiger partial charge is 0.461 e. The molecule has 3 rings (SSSR count). The second-order valence-corrected chi connectivity index (χ2v) is 9.51. The molecule has 0 radical (unpaired) electrons. The first-order valence-corrected chi connectivity index (χ1v) is 10.9. The highest BCUT2D eigenvalue weighted by Gasteiger charge is 2.36. The van der Waals surface area contributed by atoms with Gasteiger partial charge in [0.2, 0.25) is 0 Å². The zero-order valence-electron chi connectivity index (χ0n) is 13.8. The number of hydrogen-bond acceptors (Lipinski definition) is 7. The third-order valence-electron chi connectivity index (χ3n) is 3.98. The summed E-state index contributed by atoms with van der Waals surface area (Å²) in [6.07, 6.45) is 0. The van der Waals surface area contributed by atoms with E-state index in [0.717, 1.165) is 6.07 Å². The quantitative estimate of drug-likeness (QED) is 0.300. The highest BCUT2D eigenvalue weighted by atomic mass is 35.5. The zero-order valence-corrected chi connectivity index (χ0v) is 16.2. The minimum atomic E-state index is -3.56. The molecule has 1 aliphatic heterocycles. The molecular formula is C17H14ClNO6S2. The molecule has 0 N–H and O–H groups in total. The summed E-state index contributed by atoms with van der Waals surface area (Å²) in [4.78, 5) is 22.2. The predicted octanol–water partition coefficient (Wildman–Crippen LogP) is 3.67. The highest BCUT2D eigenvalue weighted by molar-refractivity contribution is 8.01. The molecule has 0 amide bonds. The van der Waals surface area contributed by atoms with Crippen LogP contribution in [0.25, 0.3) is 0 Å². The van der Waals surface area contributed by atoms with Crippen molar-refractivity contribution >= 4 is 44.9 Å². The fourth-order valence-corrected chi connectivity index (χ4v) is 6.28. The number of nitrogens with zero attached hydrogens (tertiary/aromatic N) is 1. The summed E-state index contributed by atoms with van der Waals surface area (Å²) in [5.41, 5.74) is 0.681. The van der Waals surface area contributed by atoms with Gasteiger partial charge >= 0.3 is 5.97 Å². The SMILES string of the molecule is O=C(OCCSC1CS(=O)(=O)c2cc([N+](=O)[O-])ccc21)c1ccc(Cl)cc1. The second kappa shape index (κ2) is 7.87. The van der Waals surface area contributed by atoms with Crippen molar-refractivity contribution in [2.24, 2.45) is 0 Å². The fraction of sp³-hybridized carbons (Fsp3) is 0.235. The second-order valence-electron chi connectivity index (χ2n) is 5.76. The molecule has 2 aromatic rings. The van der Waals surface area contributed by atoms with Crippen LogP contribution in [0.4, 0.5) is 5.69 Å². The summed E-state index contributed by atoms with van der Waals surface area (Å²) in [7, 11) is -3.56. The number of sulfone groups is 1. The lowest BCUT2D eigenvalue weighted by molar-refractivity contribution is -0.385. The number of esters is 1. The average Bonchev–Trinajstić information content (AvgIpc) is 2.89. The van der Waals surface area contributed by atoms with Crippen LogP contribution in [0, 0.1) is 10.1 Å². The Morgan fingerprint density at radius 3 is 2.63 bits per heavy atom. The first-order valence-electron chi connectivity index (χ1n) is 7.83. The zero-order chi connectivity index (χ0) is 19.6. The van der Waals surface area contributed by atoms with E-state index in [1.54, 1.807) is 24.3 Å². The summed E-state index contributed by atoms with van der Waals surface area (Å²) in [6, 6.07) is 10.2. The lowest BCUT2D eigenvalue weighted by atomic mass is 10.1. The van der Waals surface area contributed by atoms with Crippen molar-refractivity contribution in [1.29, 1.82) is 0 Å². The molecule has 142 valence electrons. The number of carbonyl (C=O) groups is 1. The van der Waals surface area contributed by atoms with Crippen LogP contribution in [0.5, 0.6) is 0 Å². The van der Waals surface area contributed by atoms with Crippen LogP contribution in [-0.4, -0.2) is 37.4 Å². The average molecular weight is 428 g/mol. The van der Waals surface area contributed by atoms with Crippen molar-refractivity contribution in [3.63, 3.8) is 0 Å². The third-order valence-corrected chi connectivity index (χ3v) is 7.46. The molecule has 1 aliphatic rings. The molecule has 10 heteroatoms. The summed E-state index contributed by atoms with van der Waals surface area (Å²) in [5, 5.41) is 11.0. The van der Waals surface area contributed by atoms with Gasteiger partial charge in [-0.05, 0) is 35.9 Å². The van der Waals surface area contributed by atoms with Crippen LogP contribution in [0.2, 0.25) is 5.02 Å². The Labute approximate surface area is 164 Å². The van der Waals surface area contributed by atoms with E-state index >= 15 is 0 Å². The van der Waals surface area contributed by atoms with Crippen molar-refractivity contribution < 1.29 is 22.9 Å². The normalized spacial score (nSPS) is 17.3. The van der Waals surface area contributed by atoms with Crippen LogP contribution >= 0.6 is 23.4 Å². The number of ether oxygens (including phenoxy) is 1. The van der Waals surface area contributed by atoms with E-state index in [1.807, 2.05) is 0 Å². The van der Waals surface area contributed by atoms with E-state index in [4.69, 9.17) is 16.3 Å². The van der Waals surface area contributed by atoms with Crippen molar-refractivity contribution in [2.45, 2.75) is 10.1 Å². The van der Waals surface area contributed by atoms with Crippen molar-refractivity contribution in [1.82, 2.24) is 0 Å². The number of rotatable bonds is 6. The molecule has 0 saturated carbocycles. The molecule has 0 bridgehead atoms. The number of nitro groups is 1. The van der Waals surface area contributed by atoms with Gasteiger partial charge < -0.3 is 4.74 Å². The van der Waals surface area contributed by atoms with Crippen LogP contribution in [0.1, 0.15) is 21.2 Å². The van der Waals surface area contributed by atoms with Gasteiger partial charge in [0, 0.05) is 28.2 Å². The van der Waals surface area contributed by atoms with Gasteiger partial charge in [0.25, 0.3) is 5.69 Å². The van der Waals surface area contributed by atoms with Gasteiger partial charge in [0.1, 0.15) is 6.61 Å². The fourth-order valence-electron chi connectivity index (χ4n) is 2.68. The van der Waals surface area contributed by atoms with Crippen LogP contribution in [0.3, 0.4) is 0 Å². The predicted molar refractivity (Wildman–Crippen MR) is 102 cm³/mol. The molecule has 0 aliphatic carbocycles.